The lowest BCUT2D eigenvalue weighted by molar-refractivity contribution is 1.07. The molecular formula is C70H48N6. The van der Waals surface area contributed by atoms with E-state index in [2.05, 4.69) is 229 Å². The van der Waals surface area contributed by atoms with Crippen LogP contribution in [0.15, 0.2) is 255 Å². The van der Waals surface area contributed by atoms with Gasteiger partial charge in [0.25, 0.3) is 0 Å². The lowest BCUT2D eigenvalue weighted by Crippen LogP contribution is -2.04. The van der Waals surface area contributed by atoms with Crippen molar-refractivity contribution >= 4 is 43.6 Å². The number of nitrogens with zero attached hydrogens (tertiary/aromatic N) is 6. The molecule has 0 saturated carbocycles. The van der Waals surface area contributed by atoms with Gasteiger partial charge in [0.2, 0.25) is 0 Å². The van der Waals surface area contributed by atoms with Gasteiger partial charge in [0.1, 0.15) is 0 Å². The Labute approximate surface area is 440 Å². The summed E-state index contributed by atoms with van der Waals surface area (Å²) in [7, 11) is 0. The summed E-state index contributed by atoms with van der Waals surface area (Å²) in [5.41, 5.74) is 20.3. The first kappa shape index (κ1) is 44.6. The Hall–Kier alpha value is -10.0. The summed E-state index contributed by atoms with van der Waals surface area (Å²) in [5.74, 6) is 1.81. The van der Waals surface area contributed by atoms with Crippen molar-refractivity contribution in [2.75, 3.05) is 0 Å². The maximum absolute atomic E-state index is 5.26. The number of hydrogen-bond donors (Lipinski definition) is 0. The first-order valence-corrected chi connectivity index (χ1v) is 25.8. The Kier molecular flexibility index (Phi) is 10.8. The van der Waals surface area contributed by atoms with Gasteiger partial charge < -0.3 is 9.13 Å². The molecule has 14 rings (SSSR count). The second-order valence-corrected chi connectivity index (χ2v) is 19.6. The molecule has 0 amide bonds. The Morgan fingerprint density at radius 2 is 0.671 bits per heavy atom. The molecule has 0 unspecified atom stereocenters. The number of aryl methyl sites for hydroxylation is 2. The highest BCUT2D eigenvalue weighted by molar-refractivity contribution is 6.13. The molecule has 0 bridgehead atoms. The van der Waals surface area contributed by atoms with Crippen LogP contribution in [0.2, 0.25) is 0 Å². The normalized spacial score (nSPS) is 11.6. The van der Waals surface area contributed by atoms with Crippen LogP contribution >= 0.6 is 0 Å². The Morgan fingerprint density at radius 3 is 1.16 bits per heavy atom. The summed E-state index contributed by atoms with van der Waals surface area (Å²) in [6.45, 7) is 4.27. The largest absolute Gasteiger partial charge is 0.309 e. The number of fused-ring (bicyclic) bond motifs is 6. The maximum Gasteiger partial charge on any atom is 0.164 e. The fraction of sp³-hybridized carbons (Fsp3) is 0.0286. The number of hydrogen-bond acceptors (Lipinski definition) is 4. The van der Waals surface area contributed by atoms with Crippen LogP contribution in [-0.4, -0.2) is 29.1 Å². The zero-order valence-electron chi connectivity index (χ0n) is 41.9. The molecule has 0 saturated heterocycles. The molecule has 4 aromatic heterocycles. The fourth-order valence-corrected chi connectivity index (χ4v) is 11.0. The molecular weight excluding hydrogens is 925 g/mol. The van der Waals surface area contributed by atoms with Crippen molar-refractivity contribution in [2.24, 2.45) is 0 Å². The van der Waals surface area contributed by atoms with Crippen LogP contribution in [0.4, 0.5) is 0 Å². The zero-order valence-corrected chi connectivity index (χ0v) is 41.9. The fourth-order valence-electron chi connectivity index (χ4n) is 11.0. The molecule has 4 heterocycles. The van der Waals surface area contributed by atoms with Crippen LogP contribution in [-0.2, 0) is 0 Å². The molecule has 6 nitrogen and oxygen atoms in total. The van der Waals surface area contributed by atoms with Crippen molar-refractivity contribution in [1.29, 1.82) is 0 Å². The van der Waals surface area contributed by atoms with Gasteiger partial charge in [-0.3, -0.25) is 4.98 Å². The third kappa shape index (κ3) is 7.83. The van der Waals surface area contributed by atoms with E-state index < -0.39 is 0 Å². The van der Waals surface area contributed by atoms with Crippen LogP contribution in [0.25, 0.3) is 134 Å². The molecule has 0 atom stereocenters. The van der Waals surface area contributed by atoms with Crippen LogP contribution in [0.3, 0.4) is 0 Å². The minimum Gasteiger partial charge on any atom is -0.309 e. The van der Waals surface area contributed by atoms with Crippen molar-refractivity contribution in [2.45, 2.75) is 13.8 Å². The third-order valence-electron chi connectivity index (χ3n) is 14.8. The smallest absolute Gasteiger partial charge is 0.164 e. The molecule has 6 heteroatoms. The summed E-state index contributed by atoms with van der Waals surface area (Å²) in [6, 6.07) is 89.0. The molecule has 0 N–H and O–H groups in total. The van der Waals surface area contributed by atoms with Gasteiger partial charge in [0.05, 0.1) is 39.1 Å². The highest BCUT2D eigenvalue weighted by Crippen LogP contribution is 2.44. The minimum atomic E-state index is 0.584. The van der Waals surface area contributed by atoms with Gasteiger partial charge in [-0.15, -0.1) is 0 Å². The highest BCUT2D eigenvalue weighted by atomic mass is 15.0. The Morgan fingerprint density at radius 1 is 0.276 bits per heavy atom. The van der Waals surface area contributed by atoms with Crippen LogP contribution in [0, 0.1) is 13.8 Å². The average molecular weight is 973 g/mol. The first-order chi connectivity index (χ1) is 37.5. The summed E-state index contributed by atoms with van der Waals surface area (Å²) in [5, 5.41) is 4.70. The summed E-state index contributed by atoms with van der Waals surface area (Å²) in [4.78, 5) is 20.5. The number of para-hydroxylation sites is 2. The second kappa shape index (κ2) is 18.5. The van der Waals surface area contributed by atoms with E-state index in [9.17, 15) is 0 Å². The third-order valence-corrected chi connectivity index (χ3v) is 14.8. The monoisotopic (exact) mass is 972 g/mol. The van der Waals surface area contributed by atoms with E-state index >= 15 is 0 Å². The van der Waals surface area contributed by atoms with Crippen molar-refractivity contribution in [1.82, 2.24) is 29.1 Å². The van der Waals surface area contributed by atoms with Crippen LogP contribution < -0.4 is 0 Å². The molecule has 0 radical (unpaired) electrons. The predicted molar refractivity (Wildman–Crippen MR) is 314 cm³/mol. The molecule has 0 aliphatic heterocycles. The standard InChI is InChI=1S/C70H48N6/c1-45-24-28-47(29-25-45)51-34-38-64-59(41-51)55-19-9-11-22-62(55)75(64)66-43-53(61-21-13-14-40-71-61)32-36-57(66)58-37-33-54(70-73-68(49-15-5-3-6-16-49)72-69(74-70)50-17-7-4-8-18-50)44-67(58)76-63-23-12-10-20-56(63)60-42-52(35-39-65(60)76)48-30-26-46(2)27-31-48/h3-44H,1-2H3. The number of rotatable bonds is 9. The van der Waals surface area contributed by atoms with Gasteiger partial charge >= 0.3 is 0 Å². The second-order valence-electron chi connectivity index (χ2n) is 19.6. The highest BCUT2D eigenvalue weighted by Gasteiger charge is 2.24. The molecule has 0 spiro atoms. The zero-order chi connectivity index (χ0) is 50.7. The minimum absolute atomic E-state index is 0.584. The van der Waals surface area contributed by atoms with E-state index in [0.717, 1.165) is 72.5 Å². The number of pyridine rings is 1. The van der Waals surface area contributed by atoms with Crippen molar-refractivity contribution in [3.63, 3.8) is 0 Å². The SMILES string of the molecule is Cc1ccc(-c2ccc3c(c2)c2ccccc2n3-c2cc(-c3ccccn3)ccc2-c2ccc(-c3nc(-c4ccccc4)nc(-c4ccccc4)n3)cc2-n2c3ccccc3c3cc(-c4ccc(C)cc4)ccc32)cc1. The van der Waals surface area contributed by atoms with E-state index in [0.29, 0.717) is 17.5 Å². The van der Waals surface area contributed by atoms with Gasteiger partial charge in [-0.25, -0.2) is 15.0 Å². The van der Waals surface area contributed by atoms with Gasteiger partial charge in [-0.1, -0.05) is 199 Å². The molecule has 0 aliphatic rings. The predicted octanol–water partition coefficient (Wildman–Crippen LogP) is 17.7. The van der Waals surface area contributed by atoms with E-state index in [1.165, 1.54) is 54.9 Å². The molecule has 0 fully saturated rings. The molecule has 14 aromatic rings. The first-order valence-electron chi connectivity index (χ1n) is 25.8. The van der Waals surface area contributed by atoms with Crippen molar-refractivity contribution < 1.29 is 0 Å². The van der Waals surface area contributed by atoms with Gasteiger partial charge in [0, 0.05) is 61.1 Å². The molecule has 358 valence electrons. The maximum atomic E-state index is 5.26. The summed E-state index contributed by atoms with van der Waals surface area (Å²) in [6.07, 6.45) is 1.87. The van der Waals surface area contributed by atoms with E-state index in [4.69, 9.17) is 19.9 Å². The van der Waals surface area contributed by atoms with Crippen molar-refractivity contribution in [3.8, 4) is 90.2 Å². The summed E-state index contributed by atoms with van der Waals surface area (Å²) < 4.78 is 4.89. The molecule has 0 aliphatic carbocycles. The average Bonchev–Trinajstić information content (AvgIpc) is 4.01. The van der Waals surface area contributed by atoms with Gasteiger partial charge in [-0.05, 0) is 96.8 Å². The van der Waals surface area contributed by atoms with Crippen LogP contribution in [0.5, 0.6) is 0 Å². The van der Waals surface area contributed by atoms with E-state index in [-0.39, 0.29) is 0 Å². The van der Waals surface area contributed by atoms with Gasteiger partial charge in [0.15, 0.2) is 17.5 Å². The Balaban J connectivity index is 1.06. The lowest BCUT2D eigenvalue weighted by Gasteiger charge is -2.20. The topological polar surface area (TPSA) is 61.4 Å². The van der Waals surface area contributed by atoms with Gasteiger partial charge in [-0.2, -0.15) is 0 Å². The Bertz CT molecular complexity index is 4440. The van der Waals surface area contributed by atoms with Crippen LogP contribution in [0.1, 0.15) is 11.1 Å². The van der Waals surface area contributed by atoms with E-state index in [1.807, 2.05) is 48.7 Å². The molecule has 10 aromatic carbocycles. The molecule has 76 heavy (non-hydrogen) atoms. The summed E-state index contributed by atoms with van der Waals surface area (Å²) >= 11 is 0. The number of benzene rings is 10. The quantitative estimate of drug-likeness (QED) is 0.145. The van der Waals surface area contributed by atoms with Crippen molar-refractivity contribution in [3.05, 3.63) is 266 Å². The lowest BCUT2D eigenvalue weighted by atomic mass is 9.96. The van der Waals surface area contributed by atoms with E-state index in [1.54, 1.807) is 0 Å². The number of aromatic nitrogens is 6.